The Morgan fingerprint density at radius 2 is 2.05 bits per heavy atom. The third-order valence-electron chi connectivity index (χ3n) is 3.42. The zero-order valence-corrected chi connectivity index (χ0v) is 14.3. The lowest BCUT2D eigenvalue weighted by Gasteiger charge is -2.09. The van der Waals surface area contributed by atoms with Crippen LogP contribution in [0.5, 0.6) is 0 Å². The molecule has 2 aromatic rings. The molecule has 0 aliphatic carbocycles. The van der Waals surface area contributed by atoms with Crippen molar-refractivity contribution in [2.75, 3.05) is 0 Å². The van der Waals surface area contributed by atoms with E-state index in [4.69, 9.17) is 27.6 Å². The molecule has 0 aliphatic rings. The lowest BCUT2D eigenvalue weighted by molar-refractivity contribution is -0.444. The third-order valence-corrected chi connectivity index (χ3v) is 5.05. The van der Waals surface area contributed by atoms with E-state index in [1.54, 1.807) is 6.07 Å². The Kier molecular flexibility index (Phi) is 5.93. The summed E-state index contributed by atoms with van der Waals surface area (Å²) in [7, 11) is 0. The quantitative estimate of drug-likeness (QED) is 0.802. The van der Waals surface area contributed by atoms with Crippen molar-refractivity contribution in [3.63, 3.8) is 0 Å². The summed E-state index contributed by atoms with van der Waals surface area (Å²) in [5.41, 5.74) is 5.15. The molecule has 0 aliphatic heterocycles. The van der Waals surface area contributed by atoms with E-state index < -0.39 is 0 Å². The van der Waals surface area contributed by atoms with Gasteiger partial charge in [-0.05, 0) is 24.1 Å². The van der Waals surface area contributed by atoms with Gasteiger partial charge in [0.15, 0.2) is 6.04 Å². The summed E-state index contributed by atoms with van der Waals surface area (Å²) in [6, 6.07) is 5.59. The number of hydrogen-bond donors (Lipinski definition) is 1. The van der Waals surface area contributed by atoms with E-state index in [1.165, 1.54) is 11.8 Å². The number of thioether (sulfide) groups is 1. The van der Waals surface area contributed by atoms with E-state index in [2.05, 4.69) is 29.8 Å². The first-order valence-electron chi connectivity index (χ1n) is 6.74. The highest BCUT2D eigenvalue weighted by molar-refractivity contribution is 7.98. The first-order valence-corrected chi connectivity index (χ1v) is 8.48. The van der Waals surface area contributed by atoms with E-state index in [0.717, 1.165) is 12.0 Å². The van der Waals surface area contributed by atoms with Gasteiger partial charge < -0.3 is 10.2 Å². The average Bonchev–Trinajstić information content (AvgIpc) is 2.95. The Hall–Kier alpha value is -0.750. The van der Waals surface area contributed by atoms with Crippen molar-refractivity contribution in [3.8, 4) is 0 Å². The van der Waals surface area contributed by atoms with Crippen LogP contribution in [0.3, 0.4) is 0 Å². The minimum Gasteiger partial charge on any atom is -0.410 e. The molecule has 1 aromatic heterocycles. The van der Waals surface area contributed by atoms with Gasteiger partial charge in [0.2, 0.25) is 0 Å². The fourth-order valence-corrected chi connectivity index (χ4v) is 2.76. The van der Waals surface area contributed by atoms with Crippen molar-refractivity contribution in [1.82, 2.24) is 10.2 Å². The van der Waals surface area contributed by atoms with Crippen molar-refractivity contribution in [2.24, 2.45) is 5.92 Å². The highest BCUT2D eigenvalue weighted by Crippen LogP contribution is 2.28. The topological polar surface area (TPSA) is 66.6 Å². The normalized spacial score (nSPS) is 14.1. The van der Waals surface area contributed by atoms with Gasteiger partial charge in [0, 0.05) is 11.7 Å². The van der Waals surface area contributed by atoms with Crippen LogP contribution in [0.1, 0.15) is 37.8 Å². The average molecular weight is 347 g/mol. The van der Waals surface area contributed by atoms with Crippen molar-refractivity contribution >= 4 is 35.0 Å². The summed E-state index contributed by atoms with van der Waals surface area (Å²) in [4.78, 5) is 0. The van der Waals surface area contributed by atoms with Gasteiger partial charge in [-0.1, -0.05) is 54.9 Å². The van der Waals surface area contributed by atoms with E-state index in [0.29, 0.717) is 32.8 Å². The van der Waals surface area contributed by atoms with Crippen LogP contribution in [0.15, 0.2) is 27.8 Å². The van der Waals surface area contributed by atoms with E-state index in [-0.39, 0.29) is 6.04 Å². The number of rotatable bonds is 6. The number of hydrogen-bond acceptors (Lipinski definition) is 4. The molecule has 3 N–H and O–H groups in total. The van der Waals surface area contributed by atoms with E-state index in [1.807, 2.05) is 12.1 Å². The van der Waals surface area contributed by atoms with Crippen LogP contribution in [0.25, 0.3) is 0 Å². The number of quaternary nitrogens is 1. The van der Waals surface area contributed by atoms with Crippen LogP contribution in [0.2, 0.25) is 10.0 Å². The number of halogens is 2. The second kappa shape index (κ2) is 7.49. The van der Waals surface area contributed by atoms with Gasteiger partial charge in [-0.2, -0.15) is 0 Å². The Labute approximate surface area is 138 Å². The summed E-state index contributed by atoms with van der Waals surface area (Å²) in [5.74, 6) is 1.71. The second-order valence-electron chi connectivity index (χ2n) is 4.94. The molecule has 0 spiro atoms. The number of nitrogens with zero attached hydrogens (tertiary/aromatic N) is 2. The maximum atomic E-state index is 5.99. The van der Waals surface area contributed by atoms with Crippen molar-refractivity contribution in [1.29, 1.82) is 0 Å². The van der Waals surface area contributed by atoms with Crippen LogP contribution >= 0.6 is 35.0 Å². The van der Waals surface area contributed by atoms with E-state index in [9.17, 15) is 0 Å². The Bertz CT molecular complexity index is 606. The largest absolute Gasteiger partial charge is 0.410 e. The van der Waals surface area contributed by atoms with Gasteiger partial charge in [0.25, 0.3) is 11.1 Å². The smallest absolute Gasteiger partial charge is 0.277 e. The van der Waals surface area contributed by atoms with Crippen LogP contribution in [0.4, 0.5) is 0 Å². The summed E-state index contributed by atoms with van der Waals surface area (Å²) < 4.78 is 5.66. The lowest BCUT2D eigenvalue weighted by Crippen LogP contribution is -2.56. The molecule has 1 heterocycles. The lowest BCUT2D eigenvalue weighted by atomic mass is 10.0. The van der Waals surface area contributed by atoms with Crippen LogP contribution in [-0.2, 0) is 5.75 Å². The number of benzene rings is 1. The van der Waals surface area contributed by atoms with Gasteiger partial charge in [-0.15, -0.1) is 10.2 Å². The Morgan fingerprint density at radius 1 is 1.29 bits per heavy atom. The maximum Gasteiger partial charge on any atom is 0.277 e. The first kappa shape index (κ1) is 16.6. The number of aromatic nitrogens is 2. The summed E-state index contributed by atoms with van der Waals surface area (Å²) in [6.45, 7) is 4.25. The van der Waals surface area contributed by atoms with Gasteiger partial charge in [-0.3, -0.25) is 0 Å². The van der Waals surface area contributed by atoms with Crippen LogP contribution in [0, 0.1) is 5.92 Å². The standard InChI is InChI=1S/C14H17Cl2N3OS/c1-3-8(2)12(17)13-18-19-14(20-13)21-7-9-4-5-10(15)11(16)6-9/h4-6,8,12H,3,7,17H2,1-2H3/p+1/t8-,12-/m0/s1. The van der Waals surface area contributed by atoms with Gasteiger partial charge in [-0.25, -0.2) is 0 Å². The molecule has 0 bridgehead atoms. The molecule has 21 heavy (non-hydrogen) atoms. The Morgan fingerprint density at radius 3 is 2.71 bits per heavy atom. The summed E-state index contributed by atoms with van der Waals surface area (Å²) >= 11 is 13.4. The van der Waals surface area contributed by atoms with Crippen molar-refractivity contribution in [2.45, 2.75) is 37.3 Å². The zero-order chi connectivity index (χ0) is 15.4. The molecule has 0 saturated carbocycles. The van der Waals surface area contributed by atoms with Gasteiger partial charge >= 0.3 is 0 Å². The molecule has 0 unspecified atom stereocenters. The predicted octanol–water partition coefficient (Wildman–Crippen LogP) is 4.00. The SMILES string of the molecule is CC[C@H](C)[C@H]([NH3+])c1nnc(SCc2ccc(Cl)c(Cl)c2)o1. The molecule has 1 aromatic carbocycles. The Balaban J connectivity index is 1.98. The monoisotopic (exact) mass is 346 g/mol. The molecule has 7 heteroatoms. The first-order chi connectivity index (χ1) is 10.0. The molecule has 2 atom stereocenters. The molecule has 0 amide bonds. The minimum atomic E-state index is 0.0295. The highest BCUT2D eigenvalue weighted by Gasteiger charge is 2.23. The van der Waals surface area contributed by atoms with Crippen LogP contribution < -0.4 is 5.73 Å². The summed E-state index contributed by atoms with van der Waals surface area (Å²) in [6.07, 6.45) is 1.03. The predicted molar refractivity (Wildman–Crippen MR) is 85.4 cm³/mol. The fourth-order valence-electron chi connectivity index (χ4n) is 1.73. The van der Waals surface area contributed by atoms with Gasteiger partial charge in [0.05, 0.1) is 10.0 Å². The second-order valence-corrected chi connectivity index (χ2v) is 6.68. The van der Waals surface area contributed by atoms with Crippen LogP contribution in [-0.4, -0.2) is 10.2 Å². The fraction of sp³-hybridized carbons (Fsp3) is 0.429. The van der Waals surface area contributed by atoms with E-state index >= 15 is 0 Å². The molecule has 4 nitrogen and oxygen atoms in total. The minimum absolute atomic E-state index is 0.0295. The van der Waals surface area contributed by atoms with Gasteiger partial charge in [0.1, 0.15) is 0 Å². The molecule has 0 fully saturated rings. The molecular formula is C14H18Cl2N3OS+. The zero-order valence-electron chi connectivity index (χ0n) is 12.0. The molecular weight excluding hydrogens is 329 g/mol. The summed E-state index contributed by atoms with van der Waals surface area (Å²) in [5, 5.41) is 9.79. The third kappa shape index (κ3) is 4.36. The van der Waals surface area contributed by atoms with Crippen molar-refractivity contribution < 1.29 is 10.2 Å². The molecule has 0 saturated heterocycles. The molecule has 2 rings (SSSR count). The highest BCUT2D eigenvalue weighted by atomic mass is 35.5. The molecule has 114 valence electrons. The van der Waals surface area contributed by atoms with Crippen molar-refractivity contribution in [3.05, 3.63) is 39.7 Å². The molecule has 0 radical (unpaired) electrons. The maximum absolute atomic E-state index is 5.99.